The number of Topliss-reactive ketones (excluding diaryl/α,β-unsaturated/α-hetero) is 1. The lowest BCUT2D eigenvalue weighted by molar-refractivity contribution is -0.128. The minimum absolute atomic E-state index is 0.0144. The number of ketones is 1. The van der Waals surface area contributed by atoms with Crippen LogP contribution in [0.25, 0.3) is 0 Å². The zero-order chi connectivity index (χ0) is 14.8. The van der Waals surface area contributed by atoms with E-state index in [-0.39, 0.29) is 17.1 Å². The maximum atomic E-state index is 12.9. The van der Waals surface area contributed by atoms with Gasteiger partial charge in [-0.15, -0.1) is 0 Å². The van der Waals surface area contributed by atoms with Crippen LogP contribution in [-0.4, -0.2) is 5.78 Å². The minimum atomic E-state index is -0.612. The van der Waals surface area contributed by atoms with Gasteiger partial charge in [-0.05, 0) is 36.3 Å². The van der Waals surface area contributed by atoms with E-state index in [1.807, 2.05) is 31.2 Å². The van der Waals surface area contributed by atoms with Gasteiger partial charge in [-0.1, -0.05) is 51.0 Å². The predicted octanol–water partition coefficient (Wildman–Crippen LogP) is 4.39. The Labute approximate surface area is 121 Å². The van der Waals surface area contributed by atoms with Crippen molar-refractivity contribution in [2.24, 2.45) is 11.3 Å². The lowest BCUT2D eigenvalue weighted by Crippen LogP contribution is -2.36. The summed E-state index contributed by atoms with van der Waals surface area (Å²) in [6, 6.07) is 9.98. The third-order valence-corrected chi connectivity index (χ3v) is 4.76. The fourth-order valence-electron chi connectivity index (χ4n) is 3.42. The second kappa shape index (κ2) is 5.79. The summed E-state index contributed by atoms with van der Waals surface area (Å²) in [5.41, 5.74) is 1.93. The molecule has 2 rings (SSSR count). The molecule has 2 nitrogen and oxygen atoms in total. The normalized spacial score (nSPS) is 22.8. The Balaban J connectivity index is 2.31. The molecule has 0 N–H and O–H groups in total. The van der Waals surface area contributed by atoms with E-state index in [1.54, 1.807) is 0 Å². The number of carbonyl (C=O) groups excluding carboxylic acids is 1. The van der Waals surface area contributed by atoms with Crippen LogP contribution >= 0.6 is 0 Å². The van der Waals surface area contributed by atoms with Crippen molar-refractivity contribution in [2.75, 3.05) is 0 Å². The first-order valence-electron chi connectivity index (χ1n) is 7.46. The topological polar surface area (TPSA) is 40.9 Å². The SMILES string of the molecule is Cc1ccccc1C(C#N)C(=O)C1CCCCC1(C)C. The minimum Gasteiger partial charge on any atom is -0.298 e. The predicted molar refractivity (Wildman–Crippen MR) is 80.3 cm³/mol. The van der Waals surface area contributed by atoms with Gasteiger partial charge in [0.25, 0.3) is 0 Å². The van der Waals surface area contributed by atoms with E-state index in [1.165, 1.54) is 6.42 Å². The number of nitriles is 1. The van der Waals surface area contributed by atoms with Crippen LogP contribution in [0, 0.1) is 29.6 Å². The third kappa shape index (κ3) is 2.77. The molecule has 0 amide bonds. The van der Waals surface area contributed by atoms with Crippen molar-refractivity contribution in [1.29, 1.82) is 5.26 Å². The average Bonchev–Trinajstić information content (AvgIpc) is 2.41. The monoisotopic (exact) mass is 269 g/mol. The van der Waals surface area contributed by atoms with E-state index in [0.29, 0.717) is 0 Å². The lowest BCUT2D eigenvalue weighted by Gasteiger charge is -2.38. The number of aryl methyl sites for hydroxylation is 1. The van der Waals surface area contributed by atoms with Crippen molar-refractivity contribution < 1.29 is 4.79 Å². The largest absolute Gasteiger partial charge is 0.298 e. The molecule has 0 bridgehead atoms. The molecule has 1 aromatic carbocycles. The number of hydrogen-bond donors (Lipinski definition) is 0. The van der Waals surface area contributed by atoms with Crippen molar-refractivity contribution in [3.8, 4) is 6.07 Å². The van der Waals surface area contributed by atoms with Gasteiger partial charge in [0.1, 0.15) is 5.92 Å². The molecule has 0 aromatic heterocycles. The number of carbonyl (C=O) groups is 1. The lowest BCUT2D eigenvalue weighted by atomic mass is 9.65. The highest BCUT2D eigenvalue weighted by Crippen LogP contribution is 2.43. The molecular formula is C18H23NO. The molecule has 1 saturated carbocycles. The van der Waals surface area contributed by atoms with E-state index in [9.17, 15) is 10.1 Å². The molecule has 20 heavy (non-hydrogen) atoms. The van der Waals surface area contributed by atoms with Gasteiger partial charge < -0.3 is 0 Å². The van der Waals surface area contributed by atoms with Gasteiger partial charge >= 0.3 is 0 Å². The van der Waals surface area contributed by atoms with Crippen LogP contribution in [0.5, 0.6) is 0 Å². The van der Waals surface area contributed by atoms with Crippen LogP contribution in [0.3, 0.4) is 0 Å². The van der Waals surface area contributed by atoms with Crippen LogP contribution in [0.4, 0.5) is 0 Å². The maximum absolute atomic E-state index is 12.9. The third-order valence-electron chi connectivity index (χ3n) is 4.76. The molecule has 1 fully saturated rings. The van der Waals surface area contributed by atoms with Crippen LogP contribution in [0.2, 0.25) is 0 Å². The van der Waals surface area contributed by atoms with E-state index in [0.717, 1.165) is 30.4 Å². The molecule has 2 atom stereocenters. The zero-order valence-electron chi connectivity index (χ0n) is 12.6. The van der Waals surface area contributed by atoms with Gasteiger partial charge in [0.15, 0.2) is 5.78 Å². The van der Waals surface area contributed by atoms with E-state index in [2.05, 4.69) is 19.9 Å². The van der Waals surface area contributed by atoms with Crippen LogP contribution < -0.4 is 0 Å². The van der Waals surface area contributed by atoms with Crippen molar-refractivity contribution in [2.45, 2.75) is 52.4 Å². The van der Waals surface area contributed by atoms with Crippen molar-refractivity contribution in [1.82, 2.24) is 0 Å². The van der Waals surface area contributed by atoms with Crippen LogP contribution in [-0.2, 0) is 4.79 Å². The van der Waals surface area contributed by atoms with Gasteiger partial charge in [-0.3, -0.25) is 4.79 Å². The van der Waals surface area contributed by atoms with E-state index < -0.39 is 5.92 Å². The molecule has 2 unspecified atom stereocenters. The van der Waals surface area contributed by atoms with Gasteiger partial charge in [0.05, 0.1) is 6.07 Å². The highest BCUT2D eigenvalue weighted by Gasteiger charge is 2.40. The zero-order valence-corrected chi connectivity index (χ0v) is 12.6. The molecule has 1 aliphatic carbocycles. The molecule has 106 valence electrons. The van der Waals surface area contributed by atoms with Gasteiger partial charge in [0.2, 0.25) is 0 Å². The summed E-state index contributed by atoms with van der Waals surface area (Å²) in [6.45, 7) is 6.31. The van der Waals surface area contributed by atoms with Crippen LogP contribution in [0.15, 0.2) is 24.3 Å². The molecule has 2 heteroatoms. The summed E-state index contributed by atoms with van der Waals surface area (Å²) in [5, 5.41) is 9.50. The molecule has 1 aromatic rings. The van der Waals surface area contributed by atoms with Crippen molar-refractivity contribution in [3.05, 3.63) is 35.4 Å². The second-order valence-corrected chi connectivity index (χ2v) is 6.61. The highest BCUT2D eigenvalue weighted by molar-refractivity contribution is 5.91. The van der Waals surface area contributed by atoms with Gasteiger partial charge in [0, 0.05) is 5.92 Å². The smallest absolute Gasteiger partial charge is 0.158 e. The van der Waals surface area contributed by atoms with Crippen molar-refractivity contribution in [3.63, 3.8) is 0 Å². The number of benzene rings is 1. The Morgan fingerprint density at radius 3 is 2.65 bits per heavy atom. The van der Waals surface area contributed by atoms with Gasteiger partial charge in [-0.2, -0.15) is 5.26 Å². The fraction of sp³-hybridized carbons (Fsp3) is 0.556. The first-order chi connectivity index (χ1) is 9.47. The Hall–Kier alpha value is -1.62. The quantitative estimate of drug-likeness (QED) is 0.816. The summed E-state index contributed by atoms with van der Waals surface area (Å²) < 4.78 is 0. The number of hydrogen-bond acceptors (Lipinski definition) is 2. The second-order valence-electron chi connectivity index (χ2n) is 6.61. The Kier molecular flexibility index (Phi) is 4.28. The molecule has 0 heterocycles. The van der Waals surface area contributed by atoms with E-state index in [4.69, 9.17) is 0 Å². The molecule has 0 radical (unpaired) electrons. The fourth-order valence-corrected chi connectivity index (χ4v) is 3.42. The average molecular weight is 269 g/mol. The first kappa shape index (κ1) is 14.8. The molecule has 0 aliphatic heterocycles. The molecule has 1 aliphatic rings. The summed E-state index contributed by atoms with van der Waals surface area (Å²) >= 11 is 0. The molecule has 0 spiro atoms. The van der Waals surface area contributed by atoms with E-state index >= 15 is 0 Å². The van der Waals surface area contributed by atoms with Crippen LogP contribution in [0.1, 0.15) is 56.6 Å². The Bertz CT molecular complexity index is 539. The summed E-state index contributed by atoms with van der Waals surface area (Å²) in [6.07, 6.45) is 4.30. The Morgan fingerprint density at radius 1 is 1.35 bits per heavy atom. The Morgan fingerprint density at radius 2 is 2.05 bits per heavy atom. The highest BCUT2D eigenvalue weighted by atomic mass is 16.1. The number of rotatable bonds is 3. The number of nitrogens with zero attached hydrogens (tertiary/aromatic N) is 1. The summed E-state index contributed by atoms with van der Waals surface area (Å²) in [7, 11) is 0. The molecular weight excluding hydrogens is 246 g/mol. The van der Waals surface area contributed by atoms with Crippen molar-refractivity contribution >= 4 is 5.78 Å². The standard InChI is InChI=1S/C18H23NO/c1-13-8-4-5-9-14(13)15(12-19)17(20)16-10-6-7-11-18(16,2)3/h4-5,8-9,15-16H,6-7,10-11H2,1-3H3. The molecule has 0 saturated heterocycles. The summed E-state index contributed by atoms with van der Waals surface area (Å²) in [5.74, 6) is -0.481. The van der Waals surface area contributed by atoms with Gasteiger partial charge in [-0.25, -0.2) is 0 Å². The maximum Gasteiger partial charge on any atom is 0.158 e. The first-order valence-corrected chi connectivity index (χ1v) is 7.46. The summed E-state index contributed by atoms with van der Waals surface area (Å²) in [4.78, 5) is 12.9.